The first-order valence-electron chi connectivity index (χ1n) is 11.7. The Morgan fingerprint density at radius 2 is 1.72 bits per heavy atom. The van der Waals surface area contributed by atoms with Crippen molar-refractivity contribution in [1.82, 2.24) is 5.32 Å². The number of aryl methyl sites for hydroxylation is 2. The molecule has 0 radical (unpaired) electrons. The highest BCUT2D eigenvalue weighted by molar-refractivity contribution is 7.11. The van der Waals surface area contributed by atoms with Gasteiger partial charge in [0.15, 0.2) is 0 Å². The molecule has 1 fully saturated rings. The third-order valence-corrected chi connectivity index (χ3v) is 8.08. The molecular weight excluding hydrogens is 414 g/mol. The van der Waals surface area contributed by atoms with Gasteiger partial charge in [0, 0.05) is 22.3 Å². The quantitative estimate of drug-likeness (QED) is 0.385. The minimum absolute atomic E-state index is 0.199. The maximum atomic E-state index is 12.5. The normalized spacial score (nSPS) is 21.8. The second kappa shape index (κ2) is 9.21. The summed E-state index contributed by atoms with van der Waals surface area (Å²) in [7, 11) is 0. The van der Waals surface area contributed by atoms with Gasteiger partial charge in [0.2, 0.25) is 0 Å². The molecule has 2 aliphatic carbocycles. The van der Waals surface area contributed by atoms with Crippen molar-refractivity contribution >= 4 is 17.3 Å². The van der Waals surface area contributed by atoms with Gasteiger partial charge in [-0.25, -0.2) is 0 Å². The standard InChI is InChI=1S/C28H31NO2S/c1-18-3-6-20(7-4-18)13-27(30)31-25-11-10-21-14-22-8-9-23(15-24(21)16-25)28(22)29-17-26-12-5-19(2)32-26/h3-7,10-12,16,22-23,28-29H,8-9,13-15,17H2,1-2H3/t22?,23-,28+/m0/s1. The number of ether oxygens (including phenoxy) is 1. The monoisotopic (exact) mass is 445 g/mol. The van der Waals surface area contributed by atoms with Gasteiger partial charge in [0.25, 0.3) is 0 Å². The van der Waals surface area contributed by atoms with Crippen LogP contribution in [0.3, 0.4) is 0 Å². The van der Waals surface area contributed by atoms with Gasteiger partial charge in [-0.15, -0.1) is 11.3 Å². The second-order valence-electron chi connectivity index (χ2n) is 9.49. The van der Waals surface area contributed by atoms with Crippen LogP contribution in [0, 0.1) is 25.7 Å². The second-order valence-corrected chi connectivity index (χ2v) is 10.9. The average molecular weight is 446 g/mol. The van der Waals surface area contributed by atoms with Crippen LogP contribution in [-0.2, 0) is 30.6 Å². The summed E-state index contributed by atoms with van der Waals surface area (Å²) in [4.78, 5) is 15.3. The highest BCUT2D eigenvalue weighted by Crippen LogP contribution is 2.41. The Morgan fingerprint density at radius 1 is 0.969 bits per heavy atom. The number of esters is 1. The van der Waals surface area contributed by atoms with E-state index in [0.29, 0.717) is 30.0 Å². The Balaban J connectivity index is 1.24. The number of benzene rings is 2. The lowest BCUT2D eigenvalue weighted by Crippen LogP contribution is -2.37. The van der Waals surface area contributed by atoms with Crippen LogP contribution >= 0.6 is 11.3 Å². The van der Waals surface area contributed by atoms with Crippen molar-refractivity contribution < 1.29 is 9.53 Å². The van der Waals surface area contributed by atoms with Gasteiger partial charge in [-0.1, -0.05) is 35.9 Å². The first-order chi connectivity index (χ1) is 15.5. The Morgan fingerprint density at radius 3 is 2.44 bits per heavy atom. The molecule has 3 atom stereocenters. The maximum Gasteiger partial charge on any atom is 0.315 e. The minimum Gasteiger partial charge on any atom is -0.426 e. The van der Waals surface area contributed by atoms with Crippen LogP contribution in [0.15, 0.2) is 54.6 Å². The number of hydrogen-bond acceptors (Lipinski definition) is 4. The molecule has 166 valence electrons. The number of thiophene rings is 1. The van der Waals surface area contributed by atoms with Crippen LogP contribution in [0.25, 0.3) is 0 Å². The van der Waals surface area contributed by atoms with E-state index in [1.807, 2.05) is 48.6 Å². The Hall–Kier alpha value is -2.43. The van der Waals surface area contributed by atoms with E-state index in [1.165, 1.54) is 39.3 Å². The third kappa shape index (κ3) is 4.82. The molecule has 3 nitrogen and oxygen atoms in total. The molecule has 2 bridgehead atoms. The van der Waals surface area contributed by atoms with Crippen molar-refractivity contribution in [3.05, 3.63) is 86.6 Å². The zero-order chi connectivity index (χ0) is 22.1. The Kier molecular flexibility index (Phi) is 6.16. The smallest absolute Gasteiger partial charge is 0.315 e. The van der Waals surface area contributed by atoms with Crippen molar-refractivity contribution in [2.45, 2.75) is 58.5 Å². The highest BCUT2D eigenvalue weighted by Gasteiger charge is 2.38. The molecule has 0 saturated heterocycles. The van der Waals surface area contributed by atoms with Gasteiger partial charge in [-0.2, -0.15) is 0 Å². The molecule has 1 saturated carbocycles. The van der Waals surface area contributed by atoms with Crippen LogP contribution in [0.4, 0.5) is 0 Å². The zero-order valence-corrected chi connectivity index (χ0v) is 19.7. The lowest BCUT2D eigenvalue weighted by atomic mass is 9.93. The van der Waals surface area contributed by atoms with Crippen molar-refractivity contribution in [2.75, 3.05) is 0 Å². The third-order valence-electron chi connectivity index (χ3n) is 7.07. The molecule has 0 aliphatic heterocycles. The summed E-state index contributed by atoms with van der Waals surface area (Å²) in [5.74, 6) is 1.82. The SMILES string of the molecule is Cc1ccc(CC(=O)Oc2ccc3c(c2)C[C@@H]2CCC(C3)[C@H]2NCc2ccc(C)s2)cc1. The van der Waals surface area contributed by atoms with E-state index < -0.39 is 0 Å². The number of nitrogens with one attached hydrogen (secondary N) is 1. The van der Waals surface area contributed by atoms with E-state index >= 15 is 0 Å². The predicted octanol–water partition coefficient (Wildman–Crippen LogP) is 5.80. The van der Waals surface area contributed by atoms with E-state index in [4.69, 9.17) is 4.74 Å². The fourth-order valence-electron chi connectivity index (χ4n) is 5.42. The van der Waals surface area contributed by atoms with Crippen molar-refractivity contribution in [3.63, 3.8) is 0 Å². The van der Waals surface area contributed by atoms with Crippen molar-refractivity contribution in [2.24, 2.45) is 11.8 Å². The Bertz CT molecular complexity index is 1100. The molecule has 2 aromatic carbocycles. The van der Waals surface area contributed by atoms with Gasteiger partial charge in [-0.05, 0) is 92.3 Å². The molecule has 5 rings (SSSR count). The Labute approximate surface area is 194 Å². The fraction of sp³-hybridized carbons (Fsp3) is 0.393. The first kappa shape index (κ1) is 21.4. The van der Waals surface area contributed by atoms with Gasteiger partial charge in [0.1, 0.15) is 5.75 Å². The van der Waals surface area contributed by atoms with Crippen LogP contribution < -0.4 is 10.1 Å². The predicted molar refractivity (Wildman–Crippen MR) is 130 cm³/mol. The van der Waals surface area contributed by atoms with E-state index in [-0.39, 0.29) is 5.97 Å². The van der Waals surface area contributed by atoms with Gasteiger partial charge in [-0.3, -0.25) is 4.79 Å². The summed E-state index contributed by atoms with van der Waals surface area (Å²) < 4.78 is 5.72. The largest absolute Gasteiger partial charge is 0.426 e. The summed E-state index contributed by atoms with van der Waals surface area (Å²) in [6, 6.07) is 19.4. The molecule has 32 heavy (non-hydrogen) atoms. The van der Waals surface area contributed by atoms with Crippen LogP contribution in [0.2, 0.25) is 0 Å². The summed E-state index contributed by atoms with van der Waals surface area (Å²) >= 11 is 1.89. The number of hydrogen-bond donors (Lipinski definition) is 1. The van der Waals surface area contributed by atoms with Gasteiger partial charge < -0.3 is 10.1 Å². The van der Waals surface area contributed by atoms with E-state index in [9.17, 15) is 4.79 Å². The van der Waals surface area contributed by atoms with E-state index in [1.54, 1.807) is 0 Å². The highest BCUT2D eigenvalue weighted by atomic mass is 32.1. The molecule has 3 aromatic rings. The molecule has 0 amide bonds. The molecule has 1 aromatic heterocycles. The summed E-state index contributed by atoms with van der Waals surface area (Å²) in [6.45, 7) is 5.19. The molecule has 1 unspecified atom stereocenters. The lowest BCUT2D eigenvalue weighted by Gasteiger charge is -2.23. The molecule has 1 heterocycles. The lowest BCUT2D eigenvalue weighted by molar-refractivity contribution is -0.133. The van der Waals surface area contributed by atoms with E-state index in [2.05, 4.69) is 36.5 Å². The number of carbonyl (C=O) groups is 1. The number of carbonyl (C=O) groups excluding carboxylic acids is 1. The van der Waals surface area contributed by atoms with Crippen molar-refractivity contribution in [3.8, 4) is 5.75 Å². The molecular formula is C28H31NO2S. The zero-order valence-electron chi connectivity index (χ0n) is 18.9. The van der Waals surface area contributed by atoms with Crippen LogP contribution in [-0.4, -0.2) is 12.0 Å². The summed E-state index contributed by atoms with van der Waals surface area (Å²) in [5, 5.41) is 3.89. The van der Waals surface area contributed by atoms with Crippen LogP contribution in [0.1, 0.15) is 44.8 Å². The average Bonchev–Trinajstić information content (AvgIpc) is 3.30. The minimum atomic E-state index is -0.199. The molecule has 2 aliphatic rings. The molecule has 0 spiro atoms. The van der Waals surface area contributed by atoms with Gasteiger partial charge >= 0.3 is 5.97 Å². The number of fused-ring (bicyclic) bond motifs is 3. The van der Waals surface area contributed by atoms with Gasteiger partial charge in [0.05, 0.1) is 6.42 Å². The fourth-order valence-corrected chi connectivity index (χ4v) is 6.26. The molecule has 1 N–H and O–H groups in total. The van der Waals surface area contributed by atoms with E-state index in [0.717, 1.165) is 24.9 Å². The summed E-state index contributed by atoms with van der Waals surface area (Å²) in [6.07, 6.45) is 5.07. The van der Waals surface area contributed by atoms with Crippen molar-refractivity contribution in [1.29, 1.82) is 0 Å². The van der Waals surface area contributed by atoms with Crippen LogP contribution in [0.5, 0.6) is 5.75 Å². The topological polar surface area (TPSA) is 38.3 Å². The summed E-state index contributed by atoms with van der Waals surface area (Å²) in [5.41, 5.74) is 4.97. The molecule has 4 heteroatoms. The maximum absolute atomic E-state index is 12.5. The first-order valence-corrected chi connectivity index (χ1v) is 12.5. The number of rotatable bonds is 6.